The molecule has 3 aromatic rings. The smallest absolute Gasteiger partial charge is 0.293 e. The van der Waals surface area contributed by atoms with Crippen molar-refractivity contribution in [2.75, 3.05) is 12.4 Å². The number of carbonyl (C=O) groups excluding carboxylic acids is 2. The predicted molar refractivity (Wildman–Crippen MR) is 119 cm³/mol. The maximum Gasteiger partial charge on any atom is 0.293 e. The summed E-state index contributed by atoms with van der Waals surface area (Å²) in [5.41, 5.74) is 1.98. The predicted octanol–water partition coefficient (Wildman–Crippen LogP) is 4.44. The van der Waals surface area contributed by atoms with E-state index in [0.717, 1.165) is 5.56 Å². The molecule has 1 heterocycles. The number of nitrogens with one attached hydrogen (secondary N) is 2. The lowest BCUT2D eigenvalue weighted by Gasteiger charge is -2.20. The van der Waals surface area contributed by atoms with Gasteiger partial charge >= 0.3 is 0 Å². The molecule has 0 aliphatic carbocycles. The number of furan rings is 1. The molecule has 0 unspecified atom stereocenters. The van der Waals surface area contributed by atoms with E-state index in [1.807, 2.05) is 30.3 Å². The Hall–Kier alpha value is -2.97. The van der Waals surface area contributed by atoms with Crippen LogP contribution in [0.15, 0.2) is 75.8 Å². The van der Waals surface area contributed by atoms with Gasteiger partial charge in [-0.3, -0.25) is 14.9 Å². The zero-order valence-electron chi connectivity index (χ0n) is 15.5. The van der Waals surface area contributed by atoms with Gasteiger partial charge in [0.15, 0.2) is 15.5 Å². The van der Waals surface area contributed by atoms with Gasteiger partial charge in [0.2, 0.25) is 0 Å². The molecule has 0 saturated heterocycles. The van der Waals surface area contributed by atoms with Crippen LogP contribution >= 0.6 is 28.1 Å². The van der Waals surface area contributed by atoms with E-state index >= 15 is 0 Å². The zero-order chi connectivity index (χ0) is 20.8. The summed E-state index contributed by atoms with van der Waals surface area (Å²) in [6.07, 6.45) is 0. The van der Waals surface area contributed by atoms with Gasteiger partial charge in [-0.2, -0.15) is 0 Å². The van der Waals surface area contributed by atoms with E-state index in [0.29, 0.717) is 22.5 Å². The topological polar surface area (TPSA) is 74.6 Å². The third kappa shape index (κ3) is 5.52. The first-order valence-electron chi connectivity index (χ1n) is 8.70. The van der Waals surface area contributed by atoms with Crippen LogP contribution < -0.4 is 10.6 Å². The first-order chi connectivity index (χ1) is 13.9. The Bertz CT molecular complexity index is 1040. The number of hydrogen-bond donors (Lipinski definition) is 2. The summed E-state index contributed by atoms with van der Waals surface area (Å²) in [4.78, 5) is 26.7. The van der Waals surface area contributed by atoms with Crippen molar-refractivity contribution in [1.29, 1.82) is 0 Å². The fourth-order valence-corrected chi connectivity index (χ4v) is 3.18. The SMILES string of the molecule is CN(Cc1ccccc1)C(=O)c1ccccc1NC(=S)NC(=O)c1ccc(Br)o1. The molecular formula is C21H18BrN3O3S. The van der Waals surface area contributed by atoms with Gasteiger partial charge in [-0.1, -0.05) is 42.5 Å². The quantitative estimate of drug-likeness (QED) is 0.538. The summed E-state index contributed by atoms with van der Waals surface area (Å²) < 4.78 is 5.65. The Labute approximate surface area is 182 Å². The van der Waals surface area contributed by atoms with E-state index in [2.05, 4.69) is 26.6 Å². The van der Waals surface area contributed by atoms with Crippen LogP contribution in [0.1, 0.15) is 26.5 Å². The number of nitrogens with zero attached hydrogens (tertiary/aromatic N) is 1. The second kappa shape index (κ2) is 9.49. The number of carbonyl (C=O) groups is 2. The number of para-hydroxylation sites is 1. The Morgan fingerprint density at radius 3 is 2.41 bits per heavy atom. The second-order valence-electron chi connectivity index (χ2n) is 6.20. The summed E-state index contributed by atoms with van der Waals surface area (Å²) in [5.74, 6) is -0.535. The third-order valence-corrected chi connectivity index (χ3v) is 4.67. The number of rotatable bonds is 5. The van der Waals surface area contributed by atoms with Gasteiger partial charge < -0.3 is 14.6 Å². The van der Waals surface area contributed by atoms with Crippen molar-refractivity contribution in [2.45, 2.75) is 6.54 Å². The molecule has 0 aliphatic heterocycles. The van der Waals surface area contributed by atoms with Gasteiger partial charge in [0.05, 0.1) is 11.3 Å². The van der Waals surface area contributed by atoms with Crippen molar-refractivity contribution < 1.29 is 14.0 Å². The fourth-order valence-electron chi connectivity index (χ4n) is 2.67. The van der Waals surface area contributed by atoms with Crippen LogP contribution in [0.2, 0.25) is 0 Å². The van der Waals surface area contributed by atoms with Gasteiger partial charge in [-0.05, 0) is 58.0 Å². The van der Waals surface area contributed by atoms with E-state index in [-0.39, 0.29) is 16.8 Å². The first kappa shape index (κ1) is 20.8. The minimum atomic E-state index is -0.488. The Morgan fingerprint density at radius 2 is 1.72 bits per heavy atom. The third-order valence-electron chi connectivity index (χ3n) is 4.04. The molecule has 0 aliphatic rings. The largest absolute Gasteiger partial charge is 0.444 e. The normalized spacial score (nSPS) is 10.3. The molecule has 148 valence electrons. The van der Waals surface area contributed by atoms with Crippen LogP contribution in [0, 0.1) is 0 Å². The number of amides is 2. The molecule has 8 heteroatoms. The summed E-state index contributed by atoms with van der Waals surface area (Å²) >= 11 is 8.36. The number of hydrogen-bond acceptors (Lipinski definition) is 4. The van der Waals surface area contributed by atoms with Crippen molar-refractivity contribution >= 4 is 50.8 Å². The van der Waals surface area contributed by atoms with Crippen molar-refractivity contribution in [3.8, 4) is 0 Å². The second-order valence-corrected chi connectivity index (χ2v) is 7.39. The average Bonchev–Trinajstić information content (AvgIpc) is 3.15. The molecule has 2 N–H and O–H groups in total. The maximum atomic E-state index is 12.9. The highest BCUT2D eigenvalue weighted by atomic mass is 79.9. The van der Waals surface area contributed by atoms with E-state index < -0.39 is 5.91 Å². The minimum absolute atomic E-state index is 0.0634. The number of anilines is 1. The lowest BCUT2D eigenvalue weighted by molar-refractivity contribution is 0.0786. The molecule has 2 amide bonds. The van der Waals surface area contributed by atoms with Crippen molar-refractivity contribution in [2.24, 2.45) is 0 Å². The highest BCUT2D eigenvalue weighted by molar-refractivity contribution is 9.10. The lowest BCUT2D eigenvalue weighted by Crippen LogP contribution is -2.35. The number of halogens is 1. The van der Waals surface area contributed by atoms with Gasteiger partial charge in [-0.25, -0.2) is 0 Å². The molecule has 1 aromatic heterocycles. The van der Waals surface area contributed by atoms with Crippen LogP contribution in [-0.4, -0.2) is 28.9 Å². The van der Waals surface area contributed by atoms with Crippen LogP contribution in [0.25, 0.3) is 0 Å². The fraction of sp³-hybridized carbons (Fsp3) is 0.0952. The van der Waals surface area contributed by atoms with Gasteiger partial charge in [0.25, 0.3) is 11.8 Å². The number of thiocarbonyl (C=S) groups is 1. The molecule has 0 saturated carbocycles. The van der Waals surface area contributed by atoms with E-state index in [9.17, 15) is 9.59 Å². The first-order valence-corrected chi connectivity index (χ1v) is 9.90. The molecule has 0 radical (unpaired) electrons. The highest BCUT2D eigenvalue weighted by Gasteiger charge is 2.18. The molecule has 3 rings (SSSR count). The van der Waals surface area contributed by atoms with Crippen molar-refractivity contribution in [1.82, 2.24) is 10.2 Å². The summed E-state index contributed by atoms with van der Waals surface area (Å²) in [5, 5.41) is 5.51. The molecule has 2 aromatic carbocycles. The Kier molecular flexibility index (Phi) is 6.79. The van der Waals surface area contributed by atoms with E-state index in [4.69, 9.17) is 16.6 Å². The Balaban J connectivity index is 1.68. The van der Waals surface area contributed by atoms with Gasteiger partial charge in [0.1, 0.15) is 0 Å². The molecule has 6 nitrogen and oxygen atoms in total. The summed E-state index contributed by atoms with van der Waals surface area (Å²) in [6, 6.07) is 19.9. The van der Waals surface area contributed by atoms with Gasteiger partial charge in [-0.15, -0.1) is 0 Å². The maximum absolute atomic E-state index is 12.9. The van der Waals surface area contributed by atoms with Gasteiger partial charge in [0, 0.05) is 13.6 Å². The van der Waals surface area contributed by atoms with Crippen LogP contribution in [0.5, 0.6) is 0 Å². The van der Waals surface area contributed by atoms with Crippen molar-refractivity contribution in [3.63, 3.8) is 0 Å². The van der Waals surface area contributed by atoms with Crippen molar-refractivity contribution in [3.05, 3.63) is 88.3 Å². The highest BCUT2D eigenvalue weighted by Crippen LogP contribution is 2.18. The molecule has 29 heavy (non-hydrogen) atoms. The zero-order valence-corrected chi connectivity index (χ0v) is 17.9. The van der Waals surface area contributed by atoms with Crippen LogP contribution in [-0.2, 0) is 6.54 Å². The minimum Gasteiger partial charge on any atom is -0.444 e. The summed E-state index contributed by atoms with van der Waals surface area (Å²) in [6.45, 7) is 0.475. The molecular weight excluding hydrogens is 454 g/mol. The summed E-state index contributed by atoms with van der Waals surface area (Å²) in [7, 11) is 1.74. The van der Waals surface area contributed by atoms with Crippen LogP contribution in [0.3, 0.4) is 0 Å². The molecule has 0 atom stereocenters. The molecule has 0 spiro atoms. The molecule has 0 bridgehead atoms. The Morgan fingerprint density at radius 1 is 1.03 bits per heavy atom. The molecule has 0 fully saturated rings. The number of benzene rings is 2. The lowest BCUT2D eigenvalue weighted by atomic mass is 10.1. The van der Waals surface area contributed by atoms with E-state index in [1.165, 1.54) is 6.07 Å². The standard InChI is InChI=1S/C21H18BrN3O3S/c1-25(13-14-7-3-2-4-8-14)20(27)15-9-5-6-10-16(15)23-21(29)24-19(26)17-11-12-18(22)28-17/h2-12H,13H2,1H3,(H2,23,24,26,29). The van der Waals surface area contributed by atoms with Crippen LogP contribution in [0.4, 0.5) is 5.69 Å². The monoisotopic (exact) mass is 471 g/mol. The average molecular weight is 472 g/mol. The van der Waals surface area contributed by atoms with E-state index in [1.54, 1.807) is 42.3 Å².